The second kappa shape index (κ2) is 4.23. The Morgan fingerprint density at radius 1 is 1.64 bits per heavy atom. The molecule has 3 nitrogen and oxygen atoms in total. The van der Waals surface area contributed by atoms with Gasteiger partial charge in [0.25, 0.3) is 0 Å². The predicted molar refractivity (Wildman–Crippen MR) is 49.5 cm³/mol. The average molecular weight is 284 g/mol. The minimum absolute atomic E-state index is 0.696. The zero-order chi connectivity index (χ0) is 8.27. The fraction of sp³-hybridized carbons (Fsp3) is 0.500. The van der Waals surface area contributed by atoms with Crippen molar-refractivity contribution in [2.24, 2.45) is 0 Å². The maximum Gasteiger partial charge on any atom is 0.138 e. The number of nitrogens with zero attached hydrogens (tertiary/aromatic N) is 2. The molecule has 11 heavy (non-hydrogen) atoms. The van der Waals surface area contributed by atoms with Crippen LogP contribution in [0.2, 0.25) is 0 Å². The van der Waals surface area contributed by atoms with E-state index in [1.807, 2.05) is 4.57 Å². The first-order valence-corrected chi connectivity index (χ1v) is 4.69. The molecule has 5 heteroatoms. The lowest BCUT2D eigenvalue weighted by atomic mass is 10.7. The molecule has 0 aromatic carbocycles. The van der Waals surface area contributed by atoms with Gasteiger partial charge in [-0.15, -0.1) is 0 Å². The zero-order valence-corrected chi connectivity index (χ0v) is 9.22. The number of aromatic nitrogens is 2. The highest BCUT2D eigenvalue weighted by Gasteiger charge is 2.03. The number of methoxy groups -OCH3 is 1. The molecule has 0 aliphatic heterocycles. The quantitative estimate of drug-likeness (QED) is 0.849. The van der Waals surface area contributed by atoms with Crippen molar-refractivity contribution in [1.29, 1.82) is 0 Å². The monoisotopic (exact) mass is 282 g/mol. The largest absolute Gasteiger partial charge is 0.383 e. The zero-order valence-electron chi connectivity index (χ0n) is 6.05. The van der Waals surface area contributed by atoms with Gasteiger partial charge in [0.1, 0.15) is 9.21 Å². The van der Waals surface area contributed by atoms with Crippen LogP contribution >= 0.6 is 31.9 Å². The third kappa shape index (κ3) is 2.28. The number of hydrogen-bond acceptors (Lipinski definition) is 2. The summed E-state index contributed by atoms with van der Waals surface area (Å²) in [5.74, 6) is 0. The standard InChI is InChI=1S/C6H8Br2N2O/c1-11-3-2-10-4-9-5(7)6(10)8/h4H,2-3H2,1H3. The Hall–Kier alpha value is 0.130. The fourth-order valence-corrected chi connectivity index (χ4v) is 1.38. The minimum Gasteiger partial charge on any atom is -0.383 e. The summed E-state index contributed by atoms with van der Waals surface area (Å²) in [6, 6.07) is 0. The van der Waals surface area contributed by atoms with Crippen molar-refractivity contribution in [3.8, 4) is 0 Å². The van der Waals surface area contributed by atoms with E-state index in [-0.39, 0.29) is 0 Å². The van der Waals surface area contributed by atoms with Gasteiger partial charge in [-0.2, -0.15) is 0 Å². The summed E-state index contributed by atoms with van der Waals surface area (Å²) >= 11 is 6.67. The van der Waals surface area contributed by atoms with E-state index in [0.29, 0.717) is 6.61 Å². The van der Waals surface area contributed by atoms with Crippen LogP contribution in [0.25, 0.3) is 0 Å². The summed E-state index contributed by atoms with van der Waals surface area (Å²) in [6.07, 6.45) is 1.76. The molecular weight excluding hydrogens is 276 g/mol. The van der Waals surface area contributed by atoms with Crippen LogP contribution in [0.5, 0.6) is 0 Å². The van der Waals surface area contributed by atoms with E-state index in [9.17, 15) is 0 Å². The molecule has 0 aliphatic rings. The van der Waals surface area contributed by atoms with Gasteiger partial charge in [-0.3, -0.25) is 0 Å². The van der Waals surface area contributed by atoms with Gasteiger partial charge in [0.15, 0.2) is 0 Å². The van der Waals surface area contributed by atoms with Crippen molar-refractivity contribution >= 4 is 31.9 Å². The highest BCUT2D eigenvalue weighted by molar-refractivity contribution is 9.13. The van der Waals surface area contributed by atoms with Gasteiger partial charge in [0.2, 0.25) is 0 Å². The summed E-state index contributed by atoms with van der Waals surface area (Å²) in [7, 11) is 1.68. The summed E-state index contributed by atoms with van der Waals surface area (Å²) in [5.41, 5.74) is 0. The average Bonchev–Trinajstić information content (AvgIpc) is 2.31. The van der Waals surface area contributed by atoms with Crippen LogP contribution in [-0.4, -0.2) is 23.3 Å². The molecule has 0 saturated heterocycles. The molecule has 0 aliphatic carbocycles. The van der Waals surface area contributed by atoms with E-state index < -0.39 is 0 Å². The summed E-state index contributed by atoms with van der Waals surface area (Å²) < 4.78 is 8.67. The molecule has 62 valence electrons. The van der Waals surface area contributed by atoms with Crippen LogP contribution in [-0.2, 0) is 11.3 Å². The van der Waals surface area contributed by atoms with Crippen molar-refractivity contribution in [3.05, 3.63) is 15.5 Å². The Morgan fingerprint density at radius 2 is 2.36 bits per heavy atom. The van der Waals surface area contributed by atoms with Gasteiger partial charge >= 0.3 is 0 Å². The first-order valence-electron chi connectivity index (χ1n) is 3.10. The molecule has 0 saturated carbocycles. The van der Waals surface area contributed by atoms with Crippen molar-refractivity contribution in [2.45, 2.75) is 6.54 Å². The smallest absolute Gasteiger partial charge is 0.138 e. The number of rotatable bonds is 3. The first-order chi connectivity index (χ1) is 5.25. The maximum atomic E-state index is 4.93. The Kier molecular flexibility index (Phi) is 3.54. The molecule has 1 heterocycles. The lowest BCUT2D eigenvalue weighted by molar-refractivity contribution is 0.186. The summed E-state index contributed by atoms with van der Waals surface area (Å²) in [5, 5.41) is 0. The number of ether oxygens (including phenoxy) is 1. The number of halogens is 2. The van der Waals surface area contributed by atoms with Crippen molar-refractivity contribution in [2.75, 3.05) is 13.7 Å². The van der Waals surface area contributed by atoms with Gasteiger partial charge in [-0.25, -0.2) is 4.98 Å². The molecule has 0 atom stereocenters. The number of hydrogen-bond donors (Lipinski definition) is 0. The topological polar surface area (TPSA) is 27.1 Å². The van der Waals surface area contributed by atoms with E-state index in [1.165, 1.54) is 0 Å². The number of imidazole rings is 1. The van der Waals surface area contributed by atoms with Crippen LogP contribution in [0.1, 0.15) is 0 Å². The van der Waals surface area contributed by atoms with Gasteiger partial charge < -0.3 is 9.30 Å². The van der Waals surface area contributed by atoms with E-state index >= 15 is 0 Å². The SMILES string of the molecule is COCCn1cnc(Br)c1Br. The summed E-state index contributed by atoms with van der Waals surface area (Å²) in [4.78, 5) is 4.05. The van der Waals surface area contributed by atoms with E-state index in [2.05, 4.69) is 36.8 Å². The molecule has 1 rings (SSSR count). The Morgan fingerprint density at radius 3 is 2.82 bits per heavy atom. The molecule has 0 amide bonds. The minimum atomic E-state index is 0.696. The molecule has 0 unspecified atom stereocenters. The van der Waals surface area contributed by atoms with Crippen LogP contribution in [0, 0.1) is 0 Å². The second-order valence-corrected chi connectivity index (χ2v) is 3.51. The van der Waals surface area contributed by atoms with Crippen LogP contribution < -0.4 is 0 Å². The van der Waals surface area contributed by atoms with Crippen molar-refractivity contribution < 1.29 is 4.74 Å². The van der Waals surface area contributed by atoms with E-state index in [4.69, 9.17) is 4.74 Å². The van der Waals surface area contributed by atoms with E-state index in [1.54, 1.807) is 13.4 Å². The van der Waals surface area contributed by atoms with Crippen molar-refractivity contribution in [1.82, 2.24) is 9.55 Å². The maximum absolute atomic E-state index is 4.93. The predicted octanol–water partition coefficient (Wildman–Crippen LogP) is 2.05. The lowest BCUT2D eigenvalue weighted by Crippen LogP contribution is -2.02. The molecule has 0 bridgehead atoms. The van der Waals surface area contributed by atoms with Gasteiger partial charge in [-0.05, 0) is 31.9 Å². The van der Waals surface area contributed by atoms with Crippen LogP contribution in [0.15, 0.2) is 15.5 Å². The van der Waals surface area contributed by atoms with E-state index in [0.717, 1.165) is 15.8 Å². The summed E-state index contributed by atoms with van der Waals surface area (Å²) in [6.45, 7) is 1.51. The highest BCUT2D eigenvalue weighted by Crippen LogP contribution is 2.20. The molecule has 1 aromatic heterocycles. The second-order valence-electron chi connectivity index (χ2n) is 2.01. The molecule has 0 fully saturated rings. The lowest BCUT2D eigenvalue weighted by Gasteiger charge is -2.01. The third-order valence-corrected chi connectivity index (χ3v) is 3.21. The third-order valence-electron chi connectivity index (χ3n) is 1.27. The Bertz CT molecular complexity index is 236. The normalized spacial score (nSPS) is 10.5. The molecule has 0 radical (unpaired) electrons. The van der Waals surface area contributed by atoms with Crippen LogP contribution in [0.3, 0.4) is 0 Å². The fourth-order valence-electron chi connectivity index (χ4n) is 0.688. The Balaban J connectivity index is 2.63. The highest BCUT2D eigenvalue weighted by atomic mass is 79.9. The molecule has 0 N–H and O–H groups in total. The van der Waals surface area contributed by atoms with Gasteiger partial charge in [0, 0.05) is 13.7 Å². The van der Waals surface area contributed by atoms with Gasteiger partial charge in [-0.1, -0.05) is 0 Å². The molecule has 1 aromatic rings. The first kappa shape index (κ1) is 9.22. The van der Waals surface area contributed by atoms with Crippen LogP contribution in [0.4, 0.5) is 0 Å². The molecular formula is C6H8Br2N2O. The molecule has 0 spiro atoms. The van der Waals surface area contributed by atoms with Crippen molar-refractivity contribution in [3.63, 3.8) is 0 Å². The Labute approximate surface area is 82.0 Å². The van der Waals surface area contributed by atoms with Gasteiger partial charge in [0.05, 0.1) is 12.9 Å².